The fourth-order valence-electron chi connectivity index (χ4n) is 2.76. The van der Waals surface area contributed by atoms with Crippen LogP contribution < -0.4 is 10.1 Å². The SMILES string of the molecule is O=C(NCc1ccccc1F)c1ccc(Oc2nccnc2Sc2ccccc2)cc1. The fourth-order valence-corrected chi connectivity index (χ4v) is 3.57. The zero-order chi connectivity index (χ0) is 21.5. The van der Waals surface area contributed by atoms with Crippen molar-refractivity contribution in [3.8, 4) is 11.6 Å². The van der Waals surface area contributed by atoms with E-state index in [1.165, 1.54) is 17.8 Å². The van der Waals surface area contributed by atoms with Gasteiger partial charge in [0.1, 0.15) is 11.6 Å². The van der Waals surface area contributed by atoms with Crippen LogP contribution in [0.25, 0.3) is 0 Å². The predicted octanol–water partition coefficient (Wildman–Crippen LogP) is 5.49. The van der Waals surface area contributed by atoms with Crippen LogP contribution in [-0.4, -0.2) is 15.9 Å². The number of nitrogens with zero attached hydrogens (tertiary/aromatic N) is 2. The molecule has 4 rings (SSSR count). The van der Waals surface area contributed by atoms with Crippen LogP contribution in [0.5, 0.6) is 11.6 Å². The number of hydrogen-bond acceptors (Lipinski definition) is 5. The Kier molecular flexibility index (Phi) is 6.54. The topological polar surface area (TPSA) is 64.1 Å². The standard InChI is InChI=1S/C24H18FN3O2S/c25-21-9-5-4-6-18(21)16-28-22(29)17-10-12-19(13-11-17)30-23-24(27-15-14-26-23)31-20-7-2-1-3-8-20/h1-15H,16H2,(H,28,29). The number of hydrogen-bond donors (Lipinski definition) is 1. The largest absolute Gasteiger partial charge is 0.437 e. The van der Waals surface area contributed by atoms with E-state index in [0.717, 1.165) is 4.90 Å². The summed E-state index contributed by atoms with van der Waals surface area (Å²) in [6.45, 7) is 0.115. The van der Waals surface area contributed by atoms with Gasteiger partial charge in [-0.25, -0.2) is 14.4 Å². The van der Waals surface area contributed by atoms with Crippen LogP contribution in [0.15, 0.2) is 101 Å². The number of nitrogens with one attached hydrogen (secondary N) is 1. The highest BCUT2D eigenvalue weighted by atomic mass is 32.2. The van der Waals surface area contributed by atoms with Crippen molar-refractivity contribution in [2.45, 2.75) is 16.5 Å². The zero-order valence-corrected chi connectivity index (χ0v) is 17.2. The summed E-state index contributed by atoms with van der Waals surface area (Å²) in [5.74, 6) is 0.267. The summed E-state index contributed by atoms with van der Waals surface area (Å²) in [5.41, 5.74) is 0.878. The number of amides is 1. The summed E-state index contributed by atoms with van der Waals surface area (Å²) in [5, 5.41) is 3.36. The van der Waals surface area contributed by atoms with Crippen LogP contribution in [0, 0.1) is 5.82 Å². The van der Waals surface area contributed by atoms with Crippen LogP contribution in [0.1, 0.15) is 15.9 Å². The van der Waals surface area contributed by atoms with Gasteiger partial charge in [0.15, 0.2) is 5.03 Å². The van der Waals surface area contributed by atoms with Gasteiger partial charge >= 0.3 is 0 Å². The lowest BCUT2D eigenvalue weighted by Crippen LogP contribution is -2.23. The number of benzene rings is 3. The molecule has 7 heteroatoms. The molecule has 0 saturated carbocycles. The minimum Gasteiger partial charge on any atom is -0.437 e. The average Bonchev–Trinajstić information content (AvgIpc) is 2.81. The van der Waals surface area contributed by atoms with Crippen molar-refractivity contribution in [2.75, 3.05) is 0 Å². The van der Waals surface area contributed by atoms with Crippen LogP contribution in [0.3, 0.4) is 0 Å². The molecule has 5 nitrogen and oxygen atoms in total. The van der Waals surface area contributed by atoms with Gasteiger partial charge in [0.05, 0.1) is 0 Å². The molecular formula is C24H18FN3O2S. The van der Waals surface area contributed by atoms with Gasteiger partial charge in [0.25, 0.3) is 11.8 Å². The van der Waals surface area contributed by atoms with Crippen LogP contribution in [0.2, 0.25) is 0 Å². The van der Waals surface area contributed by atoms with E-state index in [-0.39, 0.29) is 18.3 Å². The van der Waals surface area contributed by atoms with Gasteiger partial charge in [-0.1, -0.05) is 48.2 Å². The van der Waals surface area contributed by atoms with E-state index in [1.54, 1.807) is 54.9 Å². The first-order valence-corrected chi connectivity index (χ1v) is 10.3. The summed E-state index contributed by atoms with van der Waals surface area (Å²) in [7, 11) is 0. The second kappa shape index (κ2) is 9.86. The highest BCUT2D eigenvalue weighted by Crippen LogP contribution is 2.33. The van der Waals surface area contributed by atoms with Crippen molar-refractivity contribution in [3.63, 3.8) is 0 Å². The third-order valence-corrected chi connectivity index (χ3v) is 5.30. The van der Waals surface area contributed by atoms with Crippen LogP contribution in [-0.2, 0) is 6.54 Å². The Morgan fingerprint density at radius 3 is 2.39 bits per heavy atom. The number of aromatic nitrogens is 2. The van der Waals surface area contributed by atoms with E-state index >= 15 is 0 Å². The highest BCUT2D eigenvalue weighted by molar-refractivity contribution is 7.99. The van der Waals surface area contributed by atoms with Gasteiger partial charge in [-0.05, 0) is 42.5 Å². The minimum atomic E-state index is -0.348. The molecule has 0 unspecified atom stereocenters. The number of ether oxygens (including phenoxy) is 1. The highest BCUT2D eigenvalue weighted by Gasteiger charge is 2.11. The summed E-state index contributed by atoms with van der Waals surface area (Å²) < 4.78 is 19.6. The quantitative estimate of drug-likeness (QED) is 0.419. The van der Waals surface area contributed by atoms with E-state index in [9.17, 15) is 9.18 Å². The lowest BCUT2D eigenvalue weighted by molar-refractivity contribution is 0.0950. The van der Waals surface area contributed by atoms with Gasteiger partial charge in [-0.3, -0.25) is 4.79 Å². The monoisotopic (exact) mass is 431 g/mol. The summed E-state index contributed by atoms with van der Waals surface area (Å²) in [6, 6.07) is 22.8. The Bertz CT molecular complexity index is 1170. The first-order valence-electron chi connectivity index (χ1n) is 9.52. The van der Waals surface area contributed by atoms with Crippen molar-refractivity contribution in [1.82, 2.24) is 15.3 Å². The molecule has 31 heavy (non-hydrogen) atoms. The molecule has 1 aromatic heterocycles. The fraction of sp³-hybridized carbons (Fsp3) is 0.0417. The maximum atomic E-state index is 13.7. The van der Waals surface area contributed by atoms with Gasteiger partial charge in [-0.15, -0.1) is 0 Å². The van der Waals surface area contributed by atoms with Gasteiger partial charge < -0.3 is 10.1 Å². The molecule has 0 atom stereocenters. The Labute approximate surface area is 183 Å². The van der Waals surface area contributed by atoms with Crippen molar-refractivity contribution in [1.29, 1.82) is 0 Å². The smallest absolute Gasteiger partial charge is 0.252 e. The molecule has 3 aromatic carbocycles. The van der Waals surface area contributed by atoms with Crippen molar-refractivity contribution < 1.29 is 13.9 Å². The Balaban J connectivity index is 1.41. The van der Waals surface area contributed by atoms with E-state index in [0.29, 0.717) is 27.8 Å². The third-order valence-electron chi connectivity index (χ3n) is 4.32. The Morgan fingerprint density at radius 2 is 1.61 bits per heavy atom. The van der Waals surface area contributed by atoms with Gasteiger partial charge in [0, 0.05) is 35.0 Å². The van der Waals surface area contributed by atoms with Crippen LogP contribution in [0.4, 0.5) is 4.39 Å². The van der Waals surface area contributed by atoms with Crippen molar-refractivity contribution >= 4 is 17.7 Å². The summed E-state index contributed by atoms with van der Waals surface area (Å²) in [4.78, 5) is 22.0. The second-order valence-electron chi connectivity index (χ2n) is 6.48. The van der Waals surface area contributed by atoms with E-state index in [2.05, 4.69) is 15.3 Å². The predicted molar refractivity (Wildman–Crippen MR) is 117 cm³/mol. The number of halogens is 1. The first-order chi connectivity index (χ1) is 15.2. The summed E-state index contributed by atoms with van der Waals surface area (Å²) in [6.07, 6.45) is 3.18. The molecule has 0 spiro atoms. The molecule has 1 N–H and O–H groups in total. The molecule has 0 saturated heterocycles. The molecule has 1 heterocycles. The molecule has 1 amide bonds. The average molecular weight is 431 g/mol. The molecule has 154 valence electrons. The van der Waals surface area contributed by atoms with E-state index in [1.807, 2.05) is 30.3 Å². The molecule has 0 bridgehead atoms. The number of carbonyl (C=O) groups is 1. The van der Waals surface area contributed by atoms with Crippen LogP contribution >= 0.6 is 11.8 Å². The molecule has 0 fully saturated rings. The molecule has 0 aliphatic rings. The van der Waals surface area contributed by atoms with Gasteiger partial charge in [0.2, 0.25) is 0 Å². The van der Waals surface area contributed by atoms with E-state index < -0.39 is 0 Å². The normalized spacial score (nSPS) is 10.5. The molecule has 4 aromatic rings. The molecule has 0 aliphatic heterocycles. The zero-order valence-electron chi connectivity index (χ0n) is 16.4. The second-order valence-corrected chi connectivity index (χ2v) is 7.54. The minimum absolute atomic E-state index is 0.115. The van der Waals surface area contributed by atoms with Crippen molar-refractivity contribution in [2.24, 2.45) is 0 Å². The molecule has 0 aliphatic carbocycles. The lowest BCUT2D eigenvalue weighted by atomic mass is 10.2. The number of rotatable bonds is 7. The maximum Gasteiger partial charge on any atom is 0.252 e. The Hall–Kier alpha value is -3.71. The number of carbonyl (C=O) groups excluding carboxylic acids is 1. The molecule has 0 radical (unpaired) electrons. The van der Waals surface area contributed by atoms with Crippen molar-refractivity contribution in [3.05, 3.63) is 108 Å². The van der Waals surface area contributed by atoms with Gasteiger partial charge in [-0.2, -0.15) is 0 Å². The maximum absolute atomic E-state index is 13.7. The summed E-state index contributed by atoms with van der Waals surface area (Å²) >= 11 is 1.45. The van der Waals surface area contributed by atoms with E-state index in [4.69, 9.17) is 4.74 Å². The lowest BCUT2D eigenvalue weighted by Gasteiger charge is -2.10. The molecular weight excluding hydrogens is 413 g/mol. The Morgan fingerprint density at radius 1 is 0.903 bits per heavy atom. The third kappa shape index (κ3) is 5.46. The first kappa shape index (κ1) is 20.6.